The minimum atomic E-state index is 0.662. The van der Waals surface area contributed by atoms with Gasteiger partial charge < -0.3 is 10.2 Å². The van der Waals surface area contributed by atoms with Gasteiger partial charge in [-0.1, -0.05) is 20.8 Å². The van der Waals surface area contributed by atoms with Crippen molar-refractivity contribution < 1.29 is 0 Å². The smallest absolute Gasteiger partial charge is 0.00900 e. The minimum absolute atomic E-state index is 0.662. The SMILES string of the molecule is CCC(NC(C)C1CCCN(C)C1)C(C)C. The second-order valence-electron chi connectivity index (χ2n) is 5.88. The lowest BCUT2D eigenvalue weighted by molar-refractivity contribution is 0.167. The average molecular weight is 226 g/mol. The molecule has 0 saturated carbocycles. The molecule has 0 aromatic carbocycles. The number of likely N-dealkylation sites (tertiary alicyclic amines) is 1. The Hall–Kier alpha value is -0.0800. The predicted molar refractivity (Wildman–Crippen MR) is 71.7 cm³/mol. The van der Waals surface area contributed by atoms with E-state index in [1.165, 1.54) is 32.4 Å². The van der Waals surface area contributed by atoms with E-state index in [9.17, 15) is 0 Å². The van der Waals surface area contributed by atoms with Crippen molar-refractivity contribution in [2.24, 2.45) is 11.8 Å². The van der Waals surface area contributed by atoms with Crippen LogP contribution in [0, 0.1) is 11.8 Å². The average Bonchev–Trinajstić information content (AvgIpc) is 2.25. The van der Waals surface area contributed by atoms with Crippen LogP contribution in [0.15, 0.2) is 0 Å². The molecule has 3 unspecified atom stereocenters. The Kier molecular flexibility index (Phi) is 5.77. The highest BCUT2D eigenvalue weighted by Gasteiger charge is 2.24. The Balaban J connectivity index is 2.40. The number of piperidine rings is 1. The van der Waals surface area contributed by atoms with Gasteiger partial charge >= 0.3 is 0 Å². The molecule has 0 aromatic heterocycles. The van der Waals surface area contributed by atoms with Gasteiger partial charge in [-0.3, -0.25) is 0 Å². The van der Waals surface area contributed by atoms with Crippen LogP contribution in [0.2, 0.25) is 0 Å². The van der Waals surface area contributed by atoms with Crippen LogP contribution in [0.5, 0.6) is 0 Å². The largest absolute Gasteiger partial charge is 0.311 e. The molecular formula is C14H30N2. The van der Waals surface area contributed by atoms with Gasteiger partial charge in [-0.2, -0.15) is 0 Å². The van der Waals surface area contributed by atoms with Gasteiger partial charge in [-0.05, 0) is 51.6 Å². The summed E-state index contributed by atoms with van der Waals surface area (Å²) < 4.78 is 0. The molecule has 1 saturated heterocycles. The van der Waals surface area contributed by atoms with Gasteiger partial charge in [0.25, 0.3) is 0 Å². The third-order valence-corrected chi connectivity index (χ3v) is 4.09. The maximum absolute atomic E-state index is 3.83. The van der Waals surface area contributed by atoms with Crippen LogP contribution >= 0.6 is 0 Å². The second-order valence-corrected chi connectivity index (χ2v) is 5.88. The lowest BCUT2D eigenvalue weighted by Gasteiger charge is -2.36. The zero-order chi connectivity index (χ0) is 12.1. The van der Waals surface area contributed by atoms with Crippen molar-refractivity contribution in [3.63, 3.8) is 0 Å². The van der Waals surface area contributed by atoms with E-state index in [2.05, 4.69) is 45.0 Å². The van der Waals surface area contributed by atoms with E-state index in [4.69, 9.17) is 0 Å². The van der Waals surface area contributed by atoms with Crippen LogP contribution in [-0.4, -0.2) is 37.1 Å². The third kappa shape index (κ3) is 4.06. The highest BCUT2D eigenvalue weighted by atomic mass is 15.1. The Morgan fingerprint density at radius 2 is 2.00 bits per heavy atom. The summed E-state index contributed by atoms with van der Waals surface area (Å²) in [5.74, 6) is 1.58. The standard InChI is InChI=1S/C14H30N2/c1-6-14(11(2)3)15-12(4)13-8-7-9-16(5)10-13/h11-15H,6-10H2,1-5H3. The van der Waals surface area contributed by atoms with Crippen molar-refractivity contribution in [1.82, 2.24) is 10.2 Å². The summed E-state index contributed by atoms with van der Waals surface area (Å²) in [5.41, 5.74) is 0. The number of nitrogens with zero attached hydrogens (tertiary/aromatic N) is 1. The van der Waals surface area contributed by atoms with E-state index in [0.29, 0.717) is 12.1 Å². The summed E-state index contributed by atoms with van der Waals surface area (Å²) in [6, 6.07) is 1.34. The van der Waals surface area contributed by atoms with Crippen molar-refractivity contribution in [1.29, 1.82) is 0 Å². The number of nitrogens with one attached hydrogen (secondary N) is 1. The van der Waals surface area contributed by atoms with E-state index in [-0.39, 0.29) is 0 Å². The van der Waals surface area contributed by atoms with Crippen LogP contribution < -0.4 is 5.32 Å². The van der Waals surface area contributed by atoms with Gasteiger partial charge in [-0.15, -0.1) is 0 Å². The first-order valence-corrected chi connectivity index (χ1v) is 6.99. The summed E-state index contributed by atoms with van der Waals surface area (Å²) >= 11 is 0. The number of rotatable bonds is 5. The molecule has 0 radical (unpaired) electrons. The minimum Gasteiger partial charge on any atom is -0.311 e. The van der Waals surface area contributed by atoms with E-state index >= 15 is 0 Å². The fraction of sp³-hybridized carbons (Fsp3) is 1.00. The van der Waals surface area contributed by atoms with E-state index < -0.39 is 0 Å². The maximum Gasteiger partial charge on any atom is 0.00900 e. The molecule has 2 heteroatoms. The number of hydrogen-bond donors (Lipinski definition) is 1. The van der Waals surface area contributed by atoms with Gasteiger partial charge in [0.05, 0.1) is 0 Å². The molecule has 0 aliphatic carbocycles. The summed E-state index contributed by atoms with van der Waals surface area (Å²) in [6.07, 6.45) is 4.00. The number of hydrogen-bond acceptors (Lipinski definition) is 2. The van der Waals surface area contributed by atoms with Gasteiger partial charge in [0.15, 0.2) is 0 Å². The molecule has 0 bridgehead atoms. The Labute approximate surface area is 102 Å². The van der Waals surface area contributed by atoms with E-state index in [1.807, 2.05) is 0 Å². The molecule has 0 aromatic rings. The van der Waals surface area contributed by atoms with Gasteiger partial charge in [0.2, 0.25) is 0 Å². The normalized spacial score (nSPS) is 27.0. The first-order valence-electron chi connectivity index (χ1n) is 6.99. The first kappa shape index (κ1) is 14.0. The van der Waals surface area contributed by atoms with Crippen LogP contribution in [0.1, 0.15) is 47.0 Å². The Morgan fingerprint density at radius 3 is 2.50 bits per heavy atom. The van der Waals surface area contributed by atoms with Crippen molar-refractivity contribution in [2.75, 3.05) is 20.1 Å². The van der Waals surface area contributed by atoms with E-state index in [1.54, 1.807) is 0 Å². The highest BCUT2D eigenvalue weighted by Crippen LogP contribution is 2.20. The van der Waals surface area contributed by atoms with Crippen LogP contribution in [0.3, 0.4) is 0 Å². The zero-order valence-electron chi connectivity index (χ0n) is 11.8. The lowest BCUT2D eigenvalue weighted by atomic mass is 9.90. The third-order valence-electron chi connectivity index (χ3n) is 4.09. The first-order chi connectivity index (χ1) is 7.54. The Morgan fingerprint density at radius 1 is 1.31 bits per heavy atom. The Bertz CT molecular complexity index is 191. The fourth-order valence-corrected chi connectivity index (χ4v) is 2.87. The lowest BCUT2D eigenvalue weighted by Crippen LogP contribution is -2.47. The summed E-state index contributed by atoms with van der Waals surface area (Å²) in [5, 5.41) is 3.83. The molecular weight excluding hydrogens is 196 g/mol. The summed E-state index contributed by atoms with van der Waals surface area (Å²) in [7, 11) is 2.25. The molecule has 0 amide bonds. The predicted octanol–water partition coefficient (Wildman–Crippen LogP) is 2.74. The van der Waals surface area contributed by atoms with Crippen LogP contribution in [0.25, 0.3) is 0 Å². The van der Waals surface area contributed by atoms with Crippen molar-refractivity contribution in [3.8, 4) is 0 Å². The highest BCUT2D eigenvalue weighted by molar-refractivity contribution is 4.82. The fourth-order valence-electron chi connectivity index (χ4n) is 2.87. The molecule has 1 N–H and O–H groups in total. The van der Waals surface area contributed by atoms with Crippen molar-refractivity contribution in [2.45, 2.75) is 59.0 Å². The van der Waals surface area contributed by atoms with Crippen LogP contribution in [0.4, 0.5) is 0 Å². The quantitative estimate of drug-likeness (QED) is 0.775. The molecule has 1 aliphatic rings. The van der Waals surface area contributed by atoms with Gasteiger partial charge in [0, 0.05) is 18.6 Å². The van der Waals surface area contributed by atoms with Gasteiger partial charge in [0.1, 0.15) is 0 Å². The summed E-state index contributed by atoms with van der Waals surface area (Å²) in [4.78, 5) is 2.47. The molecule has 1 heterocycles. The summed E-state index contributed by atoms with van der Waals surface area (Å²) in [6.45, 7) is 11.8. The van der Waals surface area contributed by atoms with Gasteiger partial charge in [-0.25, -0.2) is 0 Å². The van der Waals surface area contributed by atoms with Crippen LogP contribution in [-0.2, 0) is 0 Å². The monoisotopic (exact) mass is 226 g/mol. The molecule has 2 nitrogen and oxygen atoms in total. The molecule has 3 atom stereocenters. The topological polar surface area (TPSA) is 15.3 Å². The molecule has 16 heavy (non-hydrogen) atoms. The van der Waals surface area contributed by atoms with E-state index in [0.717, 1.165) is 11.8 Å². The molecule has 96 valence electrons. The van der Waals surface area contributed by atoms with Crippen molar-refractivity contribution >= 4 is 0 Å². The molecule has 1 fully saturated rings. The molecule has 1 rings (SSSR count). The second kappa shape index (κ2) is 6.61. The maximum atomic E-state index is 3.83. The zero-order valence-corrected chi connectivity index (χ0v) is 11.8. The molecule has 0 spiro atoms. The molecule has 1 aliphatic heterocycles. The van der Waals surface area contributed by atoms with Crippen molar-refractivity contribution in [3.05, 3.63) is 0 Å².